The van der Waals surface area contributed by atoms with E-state index in [4.69, 9.17) is 9.97 Å². The first-order valence-electron chi connectivity index (χ1n) is 15.3. The minimum atomic E-state index is -3.82. The van der Waals surface area contributed by atoms with E-state index >= 15 is 0 Å². The summed E-state index contributed by atoms with van der Waals surface area (Å²) in [5, 5.41) is 4.05. The van der Waals surface area contributed by atoms with E-state index < -0.39 is 10.0 Å². The van der Waals surface area contributed by atoms with Gasteiger partial charge in [-0.2, -0.15) is 0 Å². The minimum Gasteiger partial charge on any atom is -0.304 e. The van der Waals surface area contributed by atoms with Crippen LogP contribution in [0.3, 0.4) is 0 Å². The number of fused-ring (bicyclic) bond motifs is 1. The highest BCUT2D eigenvalue weighted by atomic mass is 32.2. The third-order valence-electron chi connectivity index (χ3n) is 9.76. The summed E-state index contributed by atoms with van der Waals surface area (Å²) in [6.45, 7) is 5.72. The molecule has 3 aromatic heterocycles. The molecule has 1 atom stereocenters. The van der Waals surface area contributed by atoms with Crippen LogP contribution in [-0.4, -0.2) is 89.9 Å². The maximum absolute atomic E-state index is 13.8. The van der Waals surface area contributed by atoms with Crippen LogP contribution in [0.25, 0.3) is 22.3 Å². The monoisotopic (exact) mass is 604 g/mol. The van der Waals surface area contributed by atoms with Gasteiger partial charge in [0.25, 0.3) is 10.0 Å². The summed E-state index contributed by atoms with van der Waals surface area (Å²) >= 11 is 1.67. The van der Waals surface area contributed by atoms with Gasteiger partial charge in [0.05, 0.1) is 16.6 Å². The summed E-state index contributed by atoms with van der Waals surface area (Å²) in [5.41, 5.74) is 3.35. The van der Waals surface area contributed by atoms with E-state index in [1.807, 2.05) is 12.3 Å². The van der Waals surface area contributed by atoms with Gasteiger partial charge >= 0.3 is 0 Å². The van der Waals surface area contributed by atoms with Crippen LogP contribution in [0.15, 0.2) is 59.1 Å². The molecule has 0 amide bonds. The van der Waals surface area contributed by atoms with Crippen molar-refractivity contribution in [3.63, 3.8) is 0 Å². The smallest absolute Gasteiger partial charge is 0.269 e. The number of hydrogen-bond acceptors (Lipinski definition) is 8. The Bertz CT molecular complexity index is 1650. The normalized spacial score (nSPS) is 25.0. The van der Waals surface area contributed by atoms with E-state index in [0.717, 1.165) is 60.5 Å². The number of likely N-dealkylation sites (tertiary alicyclic amines) is 1. The van der Waals surface area contributed by atoms with Crippen LogP contribution in [0.4, 0.5) is 0 Å². The van der Waals surface area contributed by atoms with Crippen molar-refractivity contribution in [1.82, 2.24) is 28.6 Å². The summed E-state index contributed by atoms with van der Waals surface area (Å²) in [6.07, 6.45) is 10.6. The highest BCUT2D eigenvalue weighted by Gasteiger charge is 2.31. The Morgan fingerprint density at radius 3 is 2.40 bits per heavy atom. The van der Waals surface area contributed by atoms with Gasteiger partial charge in [0.15, 0.2) is 5.65 Å². The maximum Gasteiger partial charge on any atom is 0.269 e. The average Bonchev–Trinajstić information content (AvgIpc) is 3.76. The van der Waals surface area contributed by atoms with Gasteiger partial charge in [-0.15, -0.1) is 11.3 Å². The van der Waals surface area contributed by atoms with Gasteiger partial charge < -0.3 is 4.90 Å². The fourth-order valence-corrected chi connectivity index (χ4v) is 9.52. The standard InChI is InChI=1S/C32H40N6O2S2/c1-35-15-17-37(18-16-35)25-12-10-23(11-13-25)24-19-27-28(29-22-41-32(34-29)30-9-6-14-36(30)2)21-38(31(27)33-20-24)42(39,40)26-7-4-3-5-8-26/h3-5,7-8,19-23,25,30H,6,9-18H2,1-2H3/t23-,25-,30?. The summed E-state index contributed by atoms with van der Waals surface area (Å²) in [5.74, 6) is 0.436. The second-order valence-electron chi connectivity index (χ2n) is 12.4. The molecule has 5 heterocycles. The van der Waals surface area contributed by atoms with Crippen molar-refractivity contribution >= 4 is 32.4 Å². The Morgan fingerprint density at radius 2 is 1.69 bits per heavy atom. The summed E-state index contributed by atoms with van der Waals surface area (Å²) in [7, 11) is 0.551. The molecular weight excluding hydrogens is 565 g/mol. The molecule has 1 aliphatic carbocycles. The molecule has 42 heavy (non-hydrogen) atoms. The molecule has 0 radical (unpaired) electrons. The molecule has 7 rings (SSSR count). The van der Waals surface area contributed by atoms with Crippen LogP contribution in [0.5, 0.6) is 0 Å². The Morgan fingerprint density at radius 1 is 0.929 bits per heavy atom. The molecule has 1 aromatic carbocycles. The van der Waals surface area contributed by atoms with E-state index in [2.05, 4.69) is 40.2 Å². The van der Waals surface area contributed by atoms with Crippen molar-refractivity contribution in [2.75, 3.05) is 46.8 Å². The van der Waals surface area contributed by atoms with Gasteiger partial charge in [0.1, 0.15) is 5.01 Å². The summed E-state index contributed by atoms with van der Waals surface area (Å²) in [6, 6.07) is 11.8. The van der Waals surface area contributed by atoms with Crippen molar-refractivity contribution < 1.29 is 8.42 Å². The van der Waals surface area contributed by atoms with Crippen molar-refractivity contribution in [2.45, 2.75) is 61.4 Å². The van der Waals surface area contributed by atoms with Crippen molar-refractivity contribution in [1.29, 1.82) is 0 Å². The quantitative estimate of drug-likeness (QED) is 0.290. The van der Waals surface area contributed by atoms with E-state index in [-0.39, 0.29) is 4.90 Å². The second-order valence-corrected chi connectivity index (χ2v) is 15.1. The van der Waals surface area contributed by atoms with Crippen molar-refractivity contribution in [3.8, 4) is 11.3 Å². The van der Waals surface area contributed by atoms with Crippen LogP contribution < -0.4 is 0 Å². The third kappa shape index (κ3) is 5.21. The van der Waals surface area contributed by atoms with E-state index in [0.29, 0.717) is 23.6 Å². The highest BCUT2D eigenvalue weighted by Crippen LogP contribution is 2.40. The predicted octanol–water partition coefficient (Wildman–Crippen LogP) is 5.44. The van der Waals surface area contributed by atoms with Crippen LogP contribution in [0, 0.1) is 0 Å². The molecule has 8 nitrogen and oxygen atoms in total. The van der Waals surface area contributed by atoms with Crippen LogP contribution >= 0.6 is 11.3 Å². The van der Waals surface area contributed by atoms with Crippen LogP contribution in [-0.2, 0) is 10.0 Å². The number of rotatable bonds is 6. The lowest BCUT2D eigenvalue weighted by atomic mass is 9.81. The largest absolute Gasteiger partial charge is 0.304 e. The van der Waals surface area contributed by atoms with Gasteiger partial charge in [0.2, 0.25) is 0 Å². The first-order chi connectivity index (χ1) is 20.4. The molecule has 2 aliphatic heterocycles. The predicted molar refractivity (Wildman–Crippen MR) is 169 cm³/mol. The molecule has 1 saturated carbocycles. The Hall–Kier alpha value is -2.63. The summed E-state index contributed by atoms with van der Waals surface area (Å²) < 4.78 is 29.0. The molecule has 10 heteroatoms. The first-order valence-corrected chi connectivity index (χ1v) is 17.6. The second kappa shape index (κ2) is 11.5. The number of piperazine rings is 1. The topological polar surface area (TPSA) is 74.6 Å². The fourth-order valence-electron chi connectivity index (χ4n) is 7.16. The zero-order valence-corrected chi connectivity index (χ0v) is 26.2. The SMILES string of the molecule is CN1CCN([C@H]2CC[C@H](c3cnc4c(c3)c(-c3csc(C5CCCN5C)n3)cn4S(=O)(=O)c3ccccc3)CC2)CC1. The fraction of sp³-hybridized carbons (Fsp3) is 0.500. The third-order valence-corrected chi connectivity index (χ3v) is 12.4. The minimum absolute atomic E-state index is 0.258. The number of likely N-dealkylation sites (N-methyl/N-ethyl adjacent to an activating group) is 1. The van der Waals surface area contributed by atoms with Crippen molar-refractivity contribution in [3.05, 3.63) is 64.7 Å². The van der Waals surface area contributed by atoms with Crippen LogP contribution in [0.1, 0.15) is 61.1 Å². The molecule has 1 unspecified atom stereocenters. The van der Waals surface area contributed by atoms with E-state index in [9.17, 15) is 8.42 Å². The number of hydrogen-bond donors (Lipinski definition) is 0. The molecule has 3 fully saturated rings. The molecule has 2 saturated heterocycles. The molecule has 0 N–H and O–H groups in total. The number of nitrogens with zero attached hydrogens (tertiary/aromatic N) is 6. The number of pyridine rings is 1. The first kappa shape index (κ1) is 28.2. The molecule has 0 bridgehead atoms. The molecular formula is C32H40N6O2S2. The van der Waals surface area contributed by atoms with E-state index in [1.54, 1.807) is 41.8 Å². The zero-order chi connectivity index (χ0) is 28.8. The van der Waals surface area contributed by atoms with Gasteiger partial charge in [-0.1, -0.05) is 18.2 Å². The molecule has 222 valence electrons. The van der Waals surface area contributed by atoms with Crippen LogP contribution in [0.2, 0.25) is 0 Å². The maximum atomic E-state index is 13.8. The van der Waals surface area contributed by atoms with Gasteiger partial charge in [-0.25, -0.2) is 22.4 Å². The zero-order valence-electron chi connectivity index (χ0n) is 24.5. The van der Waals surface area contributed by atoms with E-state index in [1.165, 1.54) is 41.9 Å². The Labute approximate surface area is 253 Å². The Balaban J connectivity index is 1.23. The number of aromatic nitrogens is 3. The average molecular weight is 605 g/mol. The molecule has 3 aliphatic rings. The lowest BCUT2D eigenvalue weighted by molar-refractivity contribution is 0.0878. The number of benzene rings is 1. The van der Waals surface area contributed by atoms with Gasteiger partial charge in [0, 0.05) is 60.9 Å². The van der Waals surface area contributed by atoms with Gasteiger partial charge in [-0.05, 0) is 88.8 Å². The summed E-state index contributed by atoms with van der Waals surface area (Å²) in [4.78, 5) is 17.6. The number of thiazole rings is 1. The molecule has 0 spiro atoms. The Kier molecular flexibility index (Phi) is 7.69. The van der Waals surface area contributed by atoms with Crippen molar-refractivity contribution in [2.24, 2.45) is 0 Å². The highest BCUT2D eigenvalue weighted by molar-refractivity contribution is 7.90. The molecule has 4 aromatic rings. The lowest BCUT2D eigenvalue weighted by Crippen LogP contribution is -2.49. The lowest BCUT2D eigenvalue weighted by Gasteiger charge is -2.41. The van der Waals surface area contributed by atoms with Gasteiger partial charge in [-0.3, -0.25) is 9.80 Å².